The monoisotopic (exact) mass is 338 g/mol. The van der Waals surface area contributed by atoms with E-state index in [-0.39, 0.29) is 35.1 Å². The van der Waals surface area contributed by atoms with Crippen molar-refractivity contribution in [1.82, 2.24) is 4.90 Å². The predicted octanol–water partition coefficient (Wildman–Crippen LogP) is 3.29. The highest BCUT2D eigenvalue weighted by Crippen LogP contribution is 2.33. The maximum Gasteiger partial charge on any atom is 0.238 e. The van der Waals surface area contributed by atoms with Gasteiger partial charge in [-0.25, -0.2) is 0 Å². The molecule has 0 aromatic heterocycles. The third-order valence-corrected chi connectivity index (χ3v) is 3.55. The first-order valence-corrected chi connectivity index (χ1v) is 7.27. The van der Waals surface area contributed by atoms with Crippen molar-refractivity contribution in [3.05, 3.63) is 27.2 Å². The van der Waals surface area contributed by atoms with Crippen LogP contribution in [-0.4, -0.2) is 41.7 Å². The molecule has 112 valence electrons. The zero-order chi connectivity index (χ0) is 15.3. The van der Waals surface area contributed by atoms with Crippen molar-refractivity contribution in [3.63, 3.8) is 0 Å². The Kier molecular flexibility index (Phi) is 7.06. The van der Waals surface area contributed by atoms with Gasteiger partial charge in [0, 0.05) is 17.6 Å². The lowest BCUT2D eigenvalue weighted by atomic mass is 10.3. The third kappa shape index (κ3) is 5.11. The molecule has 1 aromatic carbocycles. The molecule has 1 amide bonds. The van der Waals surface area contributed by atoms with Gasteiger partial charge in [0.1, 0.15) is 0 Å². The third-order valence-electron chi connectivity index (χ3n) is 2.74. The molecule has 0 saturated carbocycles. The number of rotatable bonds is 6. The maximum atomic E-state index is 12.0. The Labute approximate surface area is 133 Å². The summed E-state index contributed by atoms with van der Waals surface area (Å²) in [5, 5.41) is 12.6. The van der Waals surface area contributed by atoms with E-state index >= 15 is 0 Å². The minimum Gasteiger partial charge on any atom is -0.395 e. The fraction of sp³-hybridized carbons (Fsp3) is 0.462. The van der Waals surface area contributed by atoms with E-state index in [0.717, 1.165) is 0 Å². The Balaban J connectivity index is 2.76. The molecule has 2 N–H and O–H groups in total. The first-order chi connectivity index (χ1) is 9.35. The number of halogens is 3. The molecule has 20 heavy (non-hydrogen) atoms. The van der Waals surface area contributed by atoms with E-state index in [2.05, 4.69) is 5.32 Å². The number of amides is 1. The zero-order valence-corrected chi connectivity index (χ0v) is 13.6. The topological polar surface area (TPSA) is 52.6 Å². The second-order valence-electron chi connectivity index (χ2n) is 4.58. The summed E-state index contributed by atoms with van der Waals surface area (Å²) in [6.45, 7) is 4.46. The van der Waals surface area contributed by atoms with Gasteiger partial charge < -0.3 is 10.4 Å². The highest BCUT2D eigenvalue weighted by Gasteiger charge is 2.16. The molecule has 1 aromatic rings. The largest absolute Gasteiger partial charge is 0.395 e. The van der Waals surface area contributed by atoms with Crippen LogP contribution < -0.4 is 5.32 Å². The summed E-state index contributed by atoms with van der Waals surface area (Å²) in [4.78, 5) is 13.8. The lowest BCUT2D eigenvalue weighted by Gasteiger charge is -2.24. The molecular weight excluding hydrogens is 323 g/mol. The molecule has 0 aliphatic rings. The summed E-state index contributed by atoms with van der Waals surface area (Å²) in [6.07, 6.45) is 0. The van der Waals surface area contributed by atoms with E-state index in [1.54, 1.807) is 0 Å². The van der Waals surface area contributed by atoms with Crippen LogP contribution in [0.2, 0.25) is 15.1 Å². The molecule has 7 heteroatoms. The molecule has 1 rings (SSSR count). The highest BCUT2D eigenvalue weighted by atomic mass is 35.5. The van der Waals surface area contributed by atoms with Crippen molar-refractivity contribution in [3.8, 4) is 0 Å². The van der Waals surface area contributed by atoms with Crippen molar-refractivity contribution in [2.75, 3.05) is 25.0 Å². The highest BCUT2D eigenvalue weighted by molar-refractivity contribution is 6.42. The number of carbonyl (C=O) groups excluding carboxylic acids is 1. The van der Waals surface area contributed by atoms with E-state index in [9.17, 15) is 4.79 Å². The molecule has 0 bridgehead atoms. The van der Waals surface area contributed by atoms with Gasteiger partial charge in [0.15, 0.2) is 0 Å². The van der Waals surface area contributed by atoms with E-state index in [1.807, 2.05) is 18.7 Å². The first-order valence-electron chi connectivity index (χ1n) is 6.14. The lowest BCUT2D eigenvalue weighted by Crippen LogP contribution is -2.39. The maximum absolute atomic E-state index is 12.0. The average molecular weight is 340 g/mol. The second kappa shape index (κ2) is 8.05. The van der Waals surface area contributed by atoms with Gasteiger partial charge in [-0.1, -0.05) is 34.8 Å². The second-order valence-corrected chi connectivity index (χ2v) is 5.83. The summed E-state index contributed by atoms with van der Waals surface area (Å²) in [5.41, 5.74) is 0.343. The van der Waals surface area contributed by atoms with Crippen molar-refractivity contribution in [2.45, 2.75) is 19.9 Å². The summed E-state index contributed by atoms with van der Waals surface area (Å²) in [7, 11) is 0. The van der Waals surface area contributed by atoms with Crippen LogP contribution in [0.4, 0.5) is 5.69 Å². The van der Waals surface area contributed by atoms with Gasteiger partial charge >= 0.3 is 0 Å². The minimum absolute atomic E-state index is 0.00603. The zero-order valence-electron chi connectivity index (χ0n) is 11.3. The molecule has 0 saturated heterocycles. The fourth-order valence-corrected chi connectivity index (χ4v) is 2.58. The predicted molar refractivity (Wildman–Crippen MR) is 83.9 cm³/mol. The molecule has 0 radical (unpaired) electrons. The van der Waals surface area contributed by atoms with Crippen molar-refractivity contribution in [1.29, 1.82) is 0 Å². The molecule has 0 aliphatic heterocycles. The van der Waals surface area contributed by atoms with Crippen LogP contribution in [-0.2, 0) is 4.79 Å². The Morgan fingerprint density at radius 3 is 2.30 bits per heavy atom. The van der Waals surface area contributed by atoms with Gasteiger partial charge in [-0.15, -0.1) is 0 Å². The number of benzene rings is 1. The van der Waals surface area contributed by atoms with E-state index in [1.165, 1.54) is 12.1 Å². The van der Waals surface area contributed by atoms with Crippen LogP contribution in [0, 0.1) is 0 Å². The Morgan fingerprint density at radius 1 is 1.30 bits per heavy atom. The number of carbonyl (C=O) groups is 1. The summed E-state index contributed by atoms with van der Waals surface area (Å²) < 4.78 is 0. The van der Waals surface area contributed by atoms with Crippen LogP contribution in [0.5, 0.6) is 0 Å². The number of hydrogen-bond acceptors (Lipinski definition) is 3. The smallest absolute Gasteiger partial charge is 0.238 e. The molecule has 0 heterocycles. The van der Waals surface area contributed by atoms with E-state index in [0.29, 0.717) is 17.3 Å². The summed E-state index contributed by atoms with van der Waals surface area (Å²) >= 11 is 17.8. The van der Waals surface area contributed by atoms with Crippen LogP contribution >= 0.6 is 34.8 Å². The van der Waals surface area contributed by atoms with Crippen LogP contribution in [0.15, 0.2) is 12.1 Å². The number of nitrogens with zero attached hydrogens (tertiary/aromatic N) is 1. The van der Waals surface area contributed by atoms with E-state index < -0.39 is 0 Å². The van der Waals surface area contributed by atoms with Gasteiger partial charge in [-0.3, -0.25) is 9.69 Å². The Bertz CT molecular complexity index is 458. The van der Waals surface area contributed by atoms with Crippen molar-refractivity contribution >= 4 is 46.4 Å². The minimum atomic E-state index is -0.252. The number of aliphatic hydroxyl groups is 1. The van der Waals surface area contributed by atoms with Crippen LogP contribution in [0.3, 0.4) is 0 Å². The molecule has 0 aliphatic carbocycles. The molecule has 4 nitrogen and oxygen atoms in total. The van der Waals surface area contributed by atoms with Gasteiger partial charge in [-0.2, -0.15) is 0 Å². The van der Waals surface area contributed by atoms with Gasteiger partial charge in [0.25, 0.3) is 0 Å². The molecule has 0 spiro atoms. The molecule has 0 atom stereocenters. The average Bonchev–Trinajstić information content (AvgIpc) is 2.33. The molecule has 0 unspecified atom stereocenters. The van der Waals surface area contributed by atoms with Gasteiger partial charge in [0.2, 0.25) is 5.91 Å². The Hall–Kier alpha value is -0.520. The van der Waals surface area contributed by atoms with Crippen LogP contribution in [0.1, 0.15) is 13.8 Å². The SMILES string of the molecule is CC(C)N(CCO)CC(=O)Nc1c(Cl)cc(Cl)cc1Cl. The van der Waals surface area contributed by atoms with Gasteiger partial charge in [0.05, 0.1) is 28.9 Å². The van der Waals surface area contributed by atoms with Gasteiger partial charge in [-0.05, 0) is 26.0 Å². The van der Waals surface area contributed by atoms with E-state index in [4.69, 9.17) is 39.9 Å². The van der Waals surface area contributed by atoms with Crippen molar-refractivity contribution in [2.24, 2.45) is 0 Å². The molecule has 0 fully saturated rings. The number of hydrogen-bond donors (Lipinski definition) is 2. The Morgan fingerprint density at radius 2 is 1.85 bits per heavy atom. The van der Waals surface area contributed by atoms with Crippen molar-refractivity contribution < 1.29 is 9.90 Å². The summed E-state index contributed by atoms with van der Waals surface area (Å²) in [5.74, 6) is -0.252. The quantitative estimate of drug-likeness (QED) is 0.836. The normalized spacial score (nSPS) is 11.2. The number of anilines is 1. The number of nitrogens with one attached hydrogen (secondary N) is 1. The molecular formula is C13H17Cl3N2O2. The lowest BCUT2D eigenvalue weighted by molar-refractivity contribution is -0.117. The fourth-order valence-electron chi connectivity index (χ4n) is 1.67. The number of aliphatic hydroxyl groups excluding tert-OH is 1. The van der Waals surface area contributed by atoms with Crippen LogP contribution in [0.25, 0.3) is 0 Å². The summed E-state index contributed by atoms with van der Waals surface area (Å²) in [6, 6.07) is 3.17. The first kappa shape index (κ1) is 17.5. The standard InChI is InChI=1S/C13H17Cl3N2O2/c1-8(2)18(3-4-19)7-12(20)17-13-10(15)5-9(14)6-11(13)16/h5-6,8,19H,3-4,7H2,1-2H3,(H,17,20).